The van der Waals surface area contributed by atoms with Gasteiger partial charge in [0, 0.05) is 11.9 Å². The van der Waals surface area contributed by atoms with Gasteiger partial charge < -0.3 is 10.6 Å². The van der Waals surface area contributed by atoms with E-state index in [9.17, 15) is 23.3 Å². The van der Waals surface area contributed by atoms with Crippen LogP contribution in [0.3, 0.4) is 0 Å². The maximum absolute atomic E-state index is 12.8. The van der Waals surface area contributed by atoms with Crippen molar-refractivity contribution in [2.75, 3.05) is 10.6 Å². The molecule has 0 amide bonds. The van der Waals surface area contributed by atoms with Crippen molar-refractivity contribution in [2.45, 2.75) is 13.1 Å². The lowest BCUT2D eigenvalue weighted by atomic mass is 10.2. The number of aromatic nitrogens is 3. The van der Waals surface area contributed by atoms with Crippen LogP contribution in [0.4, 0.5) is 42.0 Å². The number of rotatable bonds is 5. The zero-order chi connectivity index (χ0) is 21.2. The van der Waals surface area contributed by atoms with E-state index in [-0.39, 0.29) is 22.5 Å². The number of pyridine rings is 1. The number of anilines is 4. The van der Waals surface area contributed by atoms with Crippen molar-refractivity contribution in [3.63, 3.8) is 0 Å². The maximum Gasteiger partial charge on any atom is 0.417 e. The highest BCUT2D eigenvalue weighted by Gasteiger charge is 2.32. The van der Waals surface area contributed by atoms with Crippen LogP contribution in [0, 0.1) is 17.0 Å². The van der Waals surface area contributed by atoms with E-state index in [1.54, 1.807) is 31.2 Å². The van der Waals surface area contributed by atoms with Crippen molar-refractivity contribution >= 4 is 40.4 Å². The molecule has 0 radical (unpaired) electrons. The predicted octanol–water partition coefficient (Wildman–Crippen LogP) is 5.25. The Morgan fingerprint density at radius 3 is 2.31 bits per heavy atom. The number of nitrogens with zero attached hydrogens (tertiary/aromatic N) is 4. The molecule has 0 aliphatic heterocycles. The molecule has 0 unspecified atom stereocenters. The summed E-state index contributed by atoms with van der Waals surface area (Å²) in [6.07, 6.45) is -3.00. The molecule has 0 aliphatic rings. The summed E-state index contributed by atoms with van der Waals surface area (Å²) >= 11 is 5.85. The first-order valence-electron chi connectivity index (χ1n) is 7.98. The second kappa shape index (κ2) is 7.87. The average molecular weight is 425 g/mol. The van der Waals surface area contributed by atoms with Crippen molar-refractivity contribution in [1.82, 2.24) is 15.0 Å². The molecule has 2 aromatic heterocycles. The third-order valence-corrected chi connectivity index (χ3v) is 4.10. The lowest BCUT2D eigenvalue weighted by Gasteiger charge is -2.12. The fourth-order valence-electron chi connectivity index (χ4n) is 2.37. The zero-order valence-electron chi connectivity index (χ0n) is 14.7. The molecule has 8 nitrogen and oxygen atoms in total. The van der Waals surface area contributed by atoms with Crippen LogP contribution in [-0.4, -0.2) is 19.9 Å². The molecule has 0 bridgehead atoms. The molecule has 150 valence electrons. The largest absolute Gasteiger partial charge is 0.417 e. The van der Waals surface area contributed by atoms with Crippen LogP contribution in [0.5, 0.6) is 0 Å². The van der Waals surface area contributed by atoms with Crippen molar-refractivity contribution in [3.8, 4) is 0 Å². The lowest BCUT2D eigenvalue weighted by Crippen LogP contribution is -2.09. The topological polar surface area (TPSA) is 106 Å². The highest BCUT2D eigenvalue weighted by atomic mass is 35.5. The molecule has 12 heteroatoms. The second-order valence-corrected chi connectivity index (χ2v) is 6.20. The number of halogens is 4. The summed E-state index contributed by atoms with van der Waals surface area (Å²) in [6, 6.07) is 7.73. The van der Waals surface area contributed by atoms with Crippen LogP contribution in [0.1, 0.15) is 11.1 Å². The highest BCUT2D eigenvalue weighted by Crippen LogP contribution is 2.36. The van der Waals surface area contributed by atoms with Crippen molar-refractivity contribution in [3.05, 3.63) is 69.1 Å². The number of hydrogen-bond acceptors (Lipinski definition) is 7. The van der Waals surface area contributed by atoms with Gasteiger partial charge in [0.25, 0.3) is 0 Å². The zero-order valence-corrected chi connectivity index (χ0v) is 15.4. The maximum atomic E-state index is 12.8. The number of para-hydroxylation sites is 1. The number of aryl methyl sites for hydroxylation is 1. The molecule has 29 heavy (non-hydrogen) atoms. The molecule has 0 saturated heterocycles. The average Bonchev–Trinajstić information content (AvgIpc) is 2.64. The van der Waals surface area contributed by atoms with Gasteiger partial charge in [-0.3, -0.25) is 10.1 Å². The minimum absolute atomic E-state index is 0.107. The fraction of sp³-hybridized carbons (Fsp3) is 0.118. The molecule has 2 heterocycles. The molecule has 3 aromatic rings. The molecule has 3 rings (SSSR count). The van der Waals surface area contributed by atoms with Crippen LogP contribution >= 0.6 is 11.6 Å². The van der Waals surface area contributed by atoms with E-state index in [2.05, 4.69) is 25.6 Å². The third-order valence-electron chi connectivity index (χ3n) is 3.81. The van der Waals surface area contributed by atoms with Gasteiger partial charge in [-0.1, -0.05) is 29.8 Å². The van der Waals surface area contributed by atoms with Crippen LogP contribution < -0.4 is 10.6 Å². The normalized spacial score (nSPS) is 11.2. The van der Waals surface area contributed by atoms with E-state index in [0.717, 1.165) is 11.9 Å². The summed E-state index contributed by atoms with van der Waals surface area (Å²) in [4.78, 5) is 22.2. The Morgan fingerprint density at radius 1 is 1.07 bits per heavy atom. The molecule has 0 atom stereocenters. The van der Waals surface area contributed by atoms with Crippen LogP contribution in [0.15, 0.2) is 42.9 Å². The third kappa shape index (κ3) is 4.51. The van der Waals surface area contributed by atoms with E-state index in [4.69, 9.17) is 11.6 Å². The lowest BCUT2D eigenvalue weighted by molar-refractivity contribution is -0.383. The summed E-state index contributed by atoms with van der Waals surface area (Å²) in [6.45, 7) is 1.81. The summed E-state index contributed by atoms with van der Waals surface area (Å²) in [5.74, 6) is -0.608. The van der Waals surface area contributed by atoms with E-state index in [1.807, 2.05) is 0 Å². The SMILES string of the molecule is Cc1ccccc1Nc1ncnc(Nc2ncc(C(F)(F)F)cc2Cl)c1[N+](=O)[O-]. The standard InChI is InChI=1S/C17H12ClF3N6O2/c1-9-4-2-3-5-12(9)25-15-13(27(28)29)16(24-8-23-15)26-14-11(18)6-10(7-22-14)17(19,20)21/h2-8H,1H3,(H2,22,23,24,25,26). The molecule has 0 spiro atoms. The minimum atomic E-state index is -4.62. The summed E-state index contributed by atoms with van der Waals surface area (Å²) < 4.78 is 38.3. The first kappa shape index (κ1) is 20.3. The number of alkyl halides is 3. The Bertz CT molecular complexity index is 1080. The first-order chi connectivity index (χ1) is 13.7. The van der Waals surface area contributed by atoms with Crippen LogP contribution in [-0.2, 0) is 6.18 Å². The monoisotopic (exact) mass is 424 g/mol. The Labute approximate surface area is 166 Å². The number of nitro groups is 1. The van der Waals surface area contributed by atoms with Crippen LogP contribution in [0.2, 0.25) is 5.02 Å². The number of hydrogen-bond donors (Lipinski definition) is 2. The van der Waals surface area contributed by atoms with Crippen LogP contribution in [0.25, 0.3) is 0 Å². The van der Waals surface area contributed by atoms with Gasteiger partial charge in [0.05, 0.1) is 15.5 Å². The van der Waals surface area contributed by atoms with E-state index in [0.29, 0.717) is 18.0 Å². The second-order valence-electron chi connectivity index (χ2n) is 5.79. The van der Waals surface area contributed by atoms with E-state index < -0.39 is 22.4 Å². The summed E-state index contributed by atoms with van der Waals surface area (Å²) in [5, 5.41) is 16.6. The Kier molecular flexibility index (Phi) is 5.50. The molecule has 0 aliphatic carbocycles. The van der Waals surface area contributed by atoms with Gasteiger partial charge in [0.1, 0.15) is 6.33 Å². The van der Waals surface area contributed by atoms with Gasteiger partial charge in [-0.25, -0.2) is 15.0 Å². The van der Waals surface area contributed by atoms with Gasteiger partial charge in [0.2, 0.25) is 11.6 Å². The number of benzene rings is 1. The van der Waals surface area contributed by atoms with Gasteiger partial charge in [-0.05, 0) is 24.6 Å². The summed E-state index contributed by atoms with van der Waals surface area (Å²) in [5.41, 5.74) is -0.158. The smallest absolute Gasteiger partial charge is 0.334 e. The van der Waals surface area contributed by atoms with E-state index in [1.165, 1.54) is 0 Å². The quantitative estimate of drug-likeness (QED) is 0.425. The molecule has 0 saturated carbocycles. The molecule has 2 N–H and O–H groups in total. The summed E-state index contributed by atoms with van der Waals surface area (Å²) in [7, 11) is 0. The Balaban J connectivity index is 1.98. The molecule has 0 fully saturated rings. The fourth-order valence-corrected chi connectivity index (χ4v) is 2.59. The van der Waals surface area contributed by atoms with Crippen molar-refractivity contribution in [2.24, 2.45) is 0 Å². The molecule has 1 aromatic carbocycles. The van der Waals surface area contributed by atoms with E-state index >= 15 is 0 Å². The van der Waals surface area contributed by atoms with Gasteiger partial charge in [0.15, 0.2) is 5.82 Å². The highest BCUT2D eigenvalue weighted by molar-refractivity contribution is 6.33. The predicted molar refractivity (Wildman–Crippen MR) is 101 cm³/mol. The van der Waals surface area contributed by atoms with Gasteiger partial charge in [-0.15, -0.1) is 0 Å². The van der Waals surface area contributed by atoms with Crippen molar-refractivity contribution < 1.29 is 18.1 Å². The molecular formula is C17H12ClF3N6O2. The van der Waals surface area contributed by atoms with Crippen molar-refractivity contribution in [1.29, 1.82) is 0 Å². The number of nitrogens with one attached hydrogen (secondary N) is 2. The Hall–Kier alpha value is -3.47. The first-order valence-corrected chi connectivity index (χ1v) is 8.36. The van der Waals surface area contributed by atoms with Gasteiger partial charge in [-0.2, -0.15) is 13.2 Å². The Morgan fingerprint density at radius 2 is 1.72 bits per heavy atom. The van der Waals surface area contributed by atoms with Gasteiger partial charge >= 0.3 is 11.9 Å². The minimum Gasteiger partial charge on any atom is -0.334 e. The molecular weight excluding hydrogens is 413 g/mol.